The lowest BCUT2D eigenvalue weighted by molar-refractivity contribution is 0.770. The van der Waals surface area contributed by atoms with E-state index in [0.29, 0.717) is 0 Å². The molecule has 1 aliphatic carbocycles. The fraction of sp³-hybridized carbons (Fsp3) is 0.0182. The smallest absolute Gasteiger partial charge is 0.0713 e. The van der Waals surface area contributed by atoms with Crippen LogP contribution in [0.4, 0.5) is 17.1 Å². The maximum atomic E-state index is 2.50. The van der Waals surface area contributed by atoms with Crippen LogP contribution in [0.25, 0.3) is 53.6 Å². The van der Waals surface area contributed by atoms with Gasteiger partial charge in [-0.2, -0.15) is 0 Å². The third-order valence-corrected chi connectivity index (χ3v) is 12.9. The van der Waals surface area contributed by atoms with Crippen molar-refractivity contribution in [1.29, 1.82) is 0 Å². The normalized spacial score (nSPS) is 12.7. The molecule has 0 amide bonds. The van der Waals surface area contributed by atoms with E-state index in [9.17, 15) is 0 Å². The molecule has 1 aromatic heterocycles. The molecule has 0 saturated heterocycles. The van der Waals surface area contributed by atoms with Gasteiger partial charge in [0.05, 0.1) is 11.1 Å². The molecule has 0 saturated carbocycles. The van der Waals surface area contributed by atoms with E-state index in [1.165, 1.54) is 81.5 Å². The first-order valence-corrected chi connectivity index (χ1v) is 20.4. The standard InChI is InChI=1S/C55H37NS/c1-4-17-38(18-5-1)39-19-14-20-40(35-39)41-21-15-26-45(36-41)56(44-24-8-3-9-25-44)51-31-16-32-53-54(51)48-37-43(33-34-52(48)57-53)55(42-22-6-2-7-23-42)49-29-12-10-27-46(49)47-28-11-13-30-50(47)55/h1-37H. The van der Waals surface area contributed by atoms with Crippen LogP contribution in [0.5, 0.6) is 0 Å². The van der Waals surface area contributed by atoms with Crippen LogP contribution in [-0.2, 0) is 5.41 Å². The zero-order valence-corrected chi connectivity index (χ0v) is 32.0. The molecule has 0 unspecified atom stereocenters. The van der Waals surface area contributed by atoms with E-state index in [4.69, 9.17) is 0 Å². The first-order chi connectivity index (χ1) is 28.3. The Balaban J connectivity index is 1.13. The van der Waals surface area contributed by atoms with Gasteiger partial charge in [-0.25, -0.2) is 0 Å². The van der Waals surface area contributed by atoms with Gasteiger partial charge in [0.2, 0.25) is 0 Å². The van der Waals surface area contributed by atoms with Crippen LogP contribution in [0.2, 0.25) is 0 Å². The summed E-state index contributed by atoms with van der Waals surface area (Å²) < 4.78 is 2.55. The SMILES string of the molecule is c1ccc(-c2cccc(-c3cccc(N(c4ccccc4)c4cccc5sc6ccc(C7(c8ccccc8)c8ccccc8-c8ccccc87)cc6c45)c3)c2)cc1. The number of anilines is 3. The Morgan fingerprint density at radius 2 is 0.895 bits per heavy atom. The van der Waals surface area contributed by atoms with Crippen molar-refractivity contribution in [1.82, 2.24) is 0 Å². The molecule has 0 aliphatic heterocycles. The lowest BCUT2D eigenvalue weighted by Gasteiger charge is -2.34. The third-order valence-electron chi connectivity index (χ3n) is 11.7. The monoisotopic (exact) mass is 743 g/mol. The second kappa shape index (κ2) is 13.6. The summed E-state index contributed by atoms with van der Waals surface area (Å²) >= 11 is 1.87. The summed E-state index contributed by atoms with van der Waals surface area (Å²) in [5.74, 6) is 0. The molecule has 9 aromatic carbocycles. The van der Waals surface area contributed by atoms with Gasteiger partial charge in [-0.05, 0) is 110 Å². The molecule has 0 N–H and O–H groups in total. The van der Waals surface area contributed by atoms with Crippen LogP contribution < -0.4 is 4.90 Å². The number of nitrogens with zero attached hydrogens (tertiary/aromatic N) is 1. The van der Waals surface area contributed by atoms with E-state index in [-0.39, 0.29) is 0 Å². The Morgan fingerprint density at radius 1 is 0.351 bits per heavy atom. The van der Waals surface area contributed by atoms with E-state index >= 15 is 0 Å². The largest absolute Gasteiger partial charge is 0.310 e. The van der Waals surface area contributed by atoms with E-state index in [0.717, 1.165) is 11.4 Å². The zero-order chi connectivity index (χ0) is 37.8. The second-order valence-electron chi connectivity index (χ2n) is 14.8. The van der Waals surface area contributed by atoms with Crippen LogP contribution in [0, 0.1) is 0 Å². The van der Waals surface area contributed by atoms with Crippen molar-refractivity contribution >= 4 is 48.6 Å². The van der Waals surface area contributed by atoms with Crippen molar-refractivity contribution in [2.24, 2.45) is 0 Å². The van der Waals surface area contributed by atoms with Gasteiger partial charge in [0.25, 0.3) is 0 Å². The molecule has 0 atom stereocenters. The van der Waals surface area contributed by atoms with Crippen LogP contribution >= 0.6 is 11.3 Å². The van der Waals surface area contributed by atoms with Gasteiger partial charge in [0, 0.05) is 31.5 Å². The van der Waals surface area contributed by atoms with Gasteiger partial charge in [-0.1, -0.05) is 170 Å². The molecule has 0 spiro atoms. The molecule has 0 fully saturated rings. The number of hydrogen-bond acceptors (Lipinski definition) is 2. The van der Waals surface area contributed by atoms with E-state index < -0.39 is 5.41 Å². The fourth-order valence-electron chi connectivity index (χ4n) is 9.28. The Hall–Kier alpha value is -7.00. The van der Waals surface area contributed by atoms with Crippen molar-refractivity contribution in [2.75, 3.05) is 4.90 Å². The molecule has 0 radical (unpaired) electrons. The average Bonchev–Trinajstić information content (AvgIpc) is 3.82. The highest BCUT2D eigenvalue weighted by Gasteiger charge is 2.46. The number of fused-ring (bicyclic) bond motifs is 6. The van der Waals surface area contributed by atoms with Gasteiger partial charge in [-0.15, -0.1) is 11.3 Å². The molecule has 1 aliphatic rings. The number of thiophene rings is 1. The highest BCUT2D eigenvalue weighted by molar-refractivity contribution is 7.26. The quantitative estimate of drug-likeness (QED) is 0.157. The second-order valence-corrected chi connectivity index (χ2v) is 15.9. The summed E-state index contributed by atoms with van der Waals surface area (Å²) in [6, 6.07) is 82.4. The van der Waals surface area contributed by atoms with Crippen molar-refractivity contribution in [3.05, 3.63) is 247 Å². The van der Waals surface area contributed by atoms with Crippen molar-refractivity contribution in [3.8, 4) is 33.4 Å². The summed E-state index contributed by atoms with van der Waals surface area (Å²) in [5, 5.41) is 2.54. The highest BCUT2D eigenvalue weighted by Crippen LogP contribution is 2.57. The van der Waals surface area contributed by atoms with Gasteiger partial charge in [0.1, 0.15) is 0 Å². The van der Waals surface area contributed by atoms with E-state index in [2.05, 4.69) is 229 Å². The molecular formula is C55H37NS. The molecule has 0 bridgehead atoms. The van der Waals surface area contributed by atoms with Crippen molar-refractivity contribution in [3.63, 3.8) is 0 Å². The van der Waals surface area contributed by atoms with Gasteiger partial charge < -0.3 is 4.90 Å². The predicted molar refractivity (Wildman–Crippen MR) is 242 cm³/mol. The summed E-state index contributed by atoms with van der Waals surface area (Å²) in [5.41, 5.74) is 15.6. The van der Waals surface area contributed by atoms with Gasteiger partial charge >= 0.3 is 0 Å². The zero-order valence-electron chi connectivity index (χ0n) is 31.2. The Labute approximate surface area is 337 Å². The summed E-state index contributed by atoms with van der Waals surface area (Å²) in [7, 11) is 0. The lowest BCUT2D eigenvalue weighted by Crippen LogP contribution is -2.28. The predicted octanol–water partition coefficient (Wildman–Crippen LogP) is 15.2. The lowest BCUT2D eigenvalue weighted by atomic mass is 9.67. The third kappa shape index (κ3) is 5.37. The summed E-state index contributed by atoms with van der Waals surface area (Å²) in [6.07, 6.45) is 0. The van der Waals surface area contributed by atoms with E-state index in [1.807, 2.05) is 11.3 Å². The minimum Gasteiger partial charge on any atom is -0.310 e. The number of benzene rings is 9. The molecular weight excluding hydrogens is 707 g/mol. The van der Waals surface area contributed by atoms with Crippen molar-refractivity contribution in [2.45, 2.75) is 5.41 Å². The topological polar surface area (TPSA) is 3.24 Å². The molecule has 57 heavy (non-hydrogen) atoms. The maximum absolute atomic E-state index is 2.50. The highest BCUT2D eigenvalue weighted by atomic mass is 32.1. The first kappa shape index (κ1) is 33.3. The average molecular weight is 744 g/mol. The number of hydrogen-bond donors (Lipinski definition) is 0. The van der Waals surface area contributed by atoms with Crippen LogP contribution in [0.3, 0.4) is 0 Å². The Morgan fingerprint density at radius 3 is 1.61 bits per heavy atom. The molecule has 11 rings (SSSR count). The summed E-state index contributed by atoms with van der Waals surface area (Å²) in [6.45, 7) is 0. The fourth-order valence-corrected chi connectivity index (χ4v) is 10.4. The molecule has 2 heteroatoms. The number of para-hydroxylation sites is 1. The van der Waals surface area contributed by atoms with Crippen molar-refractivity contribution < 1.29 is 0 Å². The molecule has 10 aromatic rings. The van der Waals surface area contributed by atoms with E-state index in [1.54, 1.807) is 0 Å². The first-order valence-electron chi connectivity index (χ1n) is 19.6. The minimum atomic E-state index is -0.465. The maximum Gasteiger partial charge on any atom is 0.0713 e. The minimum absolute atomic E-state index is 0.465. The van der Waals surface area contributed by atoms with Gasteiger partial charge in [0.15, 0.2) is 0 Å². The van der Waals surface area contributed by atoms with Gasteiger partial charge in [-0.3, -0.25) is 0 Å². The summed E-state index contributed by atoms with van der Waals surface area (Å²) in [4.78, 5) is 2.44. The van der Waals surface area contributed by atoms with Crippen LogP contribution in [-0.4, -0.2) is 0 Å². The Bertz CT molecular complexity index is 3030. The van der Waals surface area contributed by atoms with Crippen LogP contribution in [0.1, 0.15) is 22.3 Å². The molecule has 268 valence electrons. The Kier molecular flexibility index (Phi) is 7.98. The number of rotatable bonds is 7. The molecule has 1 nitrogen and oxygen atoms in total. The molecule has 1 heterocycles. The van der Waals surface area contributed by atoms with Crippen LogP contribution in [0.15, 0.2) is 224 Å².